The van der Waals surface area contributed by atoms with E-state index in [0.717, 1.165) is 11.8 Å². The van der Waals surface area contributed by atoms with Gasteiger partial charge in [-0.2, -0.15) is 0 Å². The van der Waals surface area contributed by atoms with Crippen LogP contribution in [0, 0.1) is 5.41 Å². The first-order valence-electron chi connectivity index (χ1n) is 7.99. The largest absolute Gasteiger partial charge is 0.323 e. The normalized spacial score (nSPS) is 21.9. The summed E-state index contributed by atoms with van der Waals surface area (Å²) >= 11 is 3.42. The Morgan fingerprint density at radius 2 is 1.83 bits per heavy atom. The van der Waals surface area contributed by atoms with Crippen LogP contribution in [0.2, 0.25) is 0 Å². The third kappa shape index (κ3) is 3.60. The van der Waals surface area contributed by atoms with Crippen LogP contribution >= 0.6 is 15.9 Å². The number of hydrogen-bond acceptors (Lipinski definition) is 2. The predicted octanol–water partition coefficient (Wildman–Crippen LogP) is 3.52. The Morgan fingerprint density at radius 1 is 1.22 bits per heavy atom. The second kappa shape index (κ2) is 7.04. The highest BCUT2D eigenvalue weighted by molar-refractivity contribution is 9.09. The molecule has 1 aliphatic rings. The van der Waals surface area contributed by atoms with Crippen LogP contribution in [0.25, 0.3) is 0 Å². The Morgan fingerprint density at radius 3 is 2.35 bits per heavy atom. The molecule has 1 fully saturated rings. The number of nitrogens with zero attached hydrogens (tertiary/aromatic N) is 2. The maximum atomic E-state index is 13.1. The zero-order chi connectivity index (χ0) is 17.2. The number of carbonyl (C=O) groups is 2. The van der Waals surface area contributed by atoms with Crippen molar-refractivity contribution in [2.24, 2.45) is 5.41 Å². The number of hydrogen-bond donors (Lipinski definition) is 0. The van der Waals surface area contributed by atoms with Crippen LogP contribution in [-0.2, 0) is 4.79 Å². The van der Waals surface area contributed by atoms with Gasteiger partial charge < -0.3 is 9.80 Å². The monoisotopic (exact) mass is 380 g/mol. The molecule has 2 amide bonds. The van der Waals surface area contributed by atoms with Crippen molar-refractivity contribution in [1.29, 1.82) is 0 Å². The van der Waals surface area contributed by atoms with Gasteiger partial charge in [-0.15, -0.1) is 0 Å². The van der Waals surface area contributed by atoms with Crippen LogP contribution in [0.5, 0.6) is 0 Å². The molecule has 0 bridgehead atoms. The zero-order valence-corrected chi connectivity index (χ0v) is 15.8. The summed E-state index contributed by atoms with van der Waals surface area (Å²) < 4.78 is 0. The standard InChI is InChI=1S/C18H25BrN2O2/c1-18(2,3)17-20(4)16(23)14(11-8-12-19)21(17)15(22)13-9-6-5-7-10-13/h5-7,9-10,14,17H,8,11-12H2,1-4H3/t14-,17-/m1/s1. The van der Waals surface area contributed by atoms with Crippen molar-refractivity contribution in [1.82, 2.24) is 9.80 Å². The molecule has 126 valence electrons. The number of halogens is 1. The van der Waals surface area contributed by atoms with E-state index in [-0.39, 0.29) is 29.4 Å². The molecule has 1 heterocycles. The summed E-state index contributed by atoms with van der Waals surface area (Å²) in [5.41, 5.74) is 0.423. The fourth-order valence-corrected chi connectivity index (χ4v) is 3.67. The molecule has 5 heteroatoms. The minimum absolute atomic E-state index is 0.0372. The van der Waals surface area contributed by atoms with Gasteiger partial charge in [-0.3, -0.25) is 9.59 Å². The van der Waals surface area contributed by atoms with Crippen LogP contribution in [0.3, 0.4) is 0 Å². The van der Waals surface area contributed by atoms with Crippen LogP contribution < -0.4 is 0 Å². The van der Waals surface area contributed by atoms with E-state index in [1.165, 1.54) is 0 Å². The highest BCUT2D eigenvalue weighted by Gasteiger charge is 2.50. The Balaban J connectivity index is 2.42. The average Bonchev–Trinajstić information content (AvgIpc) is 2.77. The molecule has 0 aromatic heterocycles. The SMILES string of the molecule is CN1C(=O)[C@@H](CCCBr)N(C(=O)c2ccccc2)[C@@H]1C(C)(C)C. The van der Waals surface area contributed by atoms with Gasteiger partial charge >= 0.3 is 0 Å². The number of amides is 2. The number of carbonyl (C=O) groups excluding carboxylic acids is 2. The van der Waals surface area contributed by atoms with Gasteiger partial charge in [0.2, 0.25) is 5.91 Å². The maximum Gasteiger partial charge on any atom is 0.256 e. The fourth-order valence-electron chi connectivity index (χ4n) is 3.35. The van der Waals surface area contributed by atoms with E-state index >= 15 is 0 Å². The third-order valence-electron chi connectivity index (χ3n) is 4.24. The fraction of sp³-hybridized carbons (Fsp3) is 0.556. The number of rotatable bonds is 4. The number of benzene rings is 1. The second-order valence-electron chi connectivity index (χ2n) is 7.11. The minimum Gasteiger partial charge on any atom is -0.323 e. The molecular formula is C18H25BrN2O2. The Kier molecular flexibility index (Phi) is 5.50. The Bertz CT molecular complexity index is 568. The van der Waals surface area contributed by atoms with E-state index in [0.29, 0.717) is 12.0 Å². The minimum atomic E-state index is -0.380. The molecule has 0 N–H and O–H groups in total. The highest BCUT2D eigenvalue weighted by atomic mass is 79.9. The molecule has 1 aromatic rings. The van der Waals surface area contributed by atoms with Crippen molar-refractivity contribution in [3.63, 3.8) is 0 Å². The van der Waals surface area contributed by atoms with Crippen molar-refractivity contribution in [3.8, 4) is 0 Å². The summed E-state index contributed by atoms with van der Waals surface area (Å²) in [6.45, 7) is 6.21. The smallest absolute Gasteiger partial charge is 0.256 e. The molecule has 23 heavy (non-hydrogen) atoms. The summed E-state index contributed by atoms with van der Waals surface area (Å²) in [7, 11) is 1.80. The van der Waals surface area contributed by atoms with E-state index in [1.54, 1.807) is 16.8 Å². The topological polar surface area (TPSA) is 40.6 Å². The van der Waals surface area contributed by atoms with Gasteiger partial charge in [0.25, 0.3) is 5.91 Å². The van der Waals surface area contributed by atoms with Crippen LogP contribution in [-0.4, -0.2) is 46.2 Å². The lowest BCUT2D eigenvalue weighted by molar-refractivity contribution is -0.129. The lowest BCUT2D eigenvalue weighted by Gasteiger charge is -2.39. The zero-order valence-electron chi connectivity index (χ0n) is 14.3. The molecule has 4 nitrogen and oxygen atoms in total. The molecule has 1 aliphatic heterocycles. The molecule has 1 aromatic carbocycles. The van der Waals surface area contributed by atoms with Crippen molar-refractivity contribution in [2.45, 2.75) is 45.8 Å². The quantitative estimate of drug-likeness (QED) is 0.749. The second-order valence-corrected chi connectivity index (χ2v) is 7.91. The molecule has 0 radical (unpaired) electrons. The van der Waals surface area contributed by atoms with Gasteiger partial charge in [-0.05, 0) is 25.0 Å². The first kappa shape index (κ1) is 18.0. The lowest BCUT2D eigenvalue weighted by Crippen LogP contribution is -2.50. The lowest BCUT2D eigenvalue weighted by atomic mass is 9.90. The molecule has 0 aliphatic carbocycles. The van der Waals surface area contributed by atoms with E-state index in [9.17, 15) is 9.59 Å². The average molecular weight is 381 g/mol. The van der Waals surface area contributed by atoms with Gasteiger partial charge in [0, 0.05) is 23.4 Å². The number of alkyl halides is 1. The summed E-state index contributed by atoms with van der Waals surface area (Å²) in [6.07, 6.45) is 1.31. The molecule has 2 atom stereocenters. The van der Waals surface area contributed by atoms with Gasteiger partial charge in [-0.1, -0.05) is 54.9 Å². The van der Waals surface area contributed by atoms with E-state index in [4.69, 9.17) is 0 Å². The van der Waals surface area contributed by atoms with Crippen LogP contribution in [0.15, 0.2) is 30.3 Å². The van der Waals surface area contributed by atoms with Gasteiger partial charge in [0.05, 0.1) is 0 Å². The van der Waals surface area contributed by atoms with E-state index in [2.05, 4.69) is 36.7 Å². The van der Waals surface area contributed by atoms with Crippen molar-refractivity contribution in [3.05, 3.63) is 35.9 Å². The Labute approximate surface area is 147 Å². The summed E-state index contributed by atoms with van der Waals surface area (Å²) in [5.74, 6) is -0.0297. The van der Waals surface area contributed by atoms with Crippen molar-refractivity contribution in [2.75, 3.05) is 12.4 Å². The molecule has 1 saturated heterocycles. The third-order valence-corrected chi connectivity index (χ3v) is 4.80. The molecule has 2 rings (SSSR count). The summed E-state index contributed by atoms with van der Waals surface area (Å²) in [6, 6.07) is 8.85. The first-order chi connectivity index (χ1) is 10.8. The maximum absolute atomic E-state index is 13.1. The van der Waals surface area contributed by atoms with E-state index in [1.807, 2.05) is 30.3 Å². The molecule has 0 unspecified atom stereocenters. The molecular weight excluding hydrogens is 356 g/mol. The summed E-state index contributed by atoms with van der Waals surface area (Å²) in [4.78, 5) is 29.4. The highest BCUT2D eigenvalue weighted by Crippen LogP contribution is 2.36. The van der Waals surface area contributed by atoms with E-state index < -0.39 is 0 Å². The van der Waals surface area contributed by atoms with Crippen molar-refractivity contribution >= 4 is 27.7 Å². The molecule has 0 saturated carbocycles. The van der Waals surface area contributed by atoms with Gasteiger partial charge in [0.1, 0.15) is 12.2 Å². The van der Waals surface area contributed by atoms with Crippen LogP contribution in [0.1, 0.15) is 44.0 Å². The van der Waals surface area contributed by atoms with Crippen LogP contribution in [0.4, 0.5) is 0 Å². The predicted molar refractivity (Wildman–Crippen MR) is 95.4 cm³/mol. The first-order valence-corrected chi connectivity index (χ1v) is 9.11. The number of likely N-dealkylation sites (N-methyl/N-ethyl adjacent to an activating group) is 1. The van der Waals surface area contributed by atoms with Gasteiger partial charge in [-0.25, -0.2) is 0 Å². The van der Waals surface area contributed by atoms with Gasteiger partial charge in [0.15, 0.2) is 0 Å². The molecule has 0 spiro atoms. The van der Waals surface area contributed by atoms with Crippen molar-refractivity contribution < 1.29 is 9.59 Å². The Hall–Kier alpha value is -1.36. The summed E-state index contributed by atoms with van der Waals surface area (Å²) in [5, 5.41) is 0.827.